The van der Waals surface area contributed by atoms with Gasteiger partial charge in [-0.1, -0.05) is 36.8 Å². The van der Waals surface area contributed by atoms with Gasteiger partial charge in [0.25, 0.3) is 0 Å². The Morgan fingerprint density at radius 2 is 1.81 bits per heavy atom. The van der Waals surface area contributed by atoms with E-state index in [4.69, 9.17) is 0 Å². The molecule has 0 radical (unpaired) electrons. The van der Waals surface area contributed by atoms with Crippen LogP contribution in [0.4, 0.5) is 0 Å². The topological polar surface area (TPSA) is 37.3 Å². The smallest absolute Gasteiger partial charge is 0.314 e. The molecule has 0 heterocycles. The highest BCUT2D eigenvalue weighted by Gasteiger charge is 2.62. The molecule has 2 nitrogen and oxygen atoms in total. The van der Waals surface area contributed by atoms with E-state index in [0.29, 0.717) is 11.8 Å². The van der Waals surface area contributed by atoms with Crippen molar-refractivity contribution in [3.8, 4) is 0 Å². The van der Waals surface area contributed by atoms with Gasteiger partial charge in [-0.15, -0.1) is 0 Å². The molecule has 0 aliphatic heterocycles. The van der Waals surface area contributed by atoms with Crippen molar-refractivity contribution in [2.24, 2.45) is 11.8 Å². The quantitative estimate of drug-likeness (QED) is 0.825. The summed E-state index contributed by atoms with van der Waals surface area (Å²) in [5.41, 5.74) is 0.461. The van der Waals surface area contributed by atoms with E-state index in [1.54, 1.807) is 0 Å². The summed E-state index contributed by atoms with van der Waals surface area (Å²) in [6.07, 6.45) is 4.48. The summed E-state index contributed by atoms with van der Waals surface area (Å²) in [5, 5.41) is 9.64. The fourth-order valence-corrected chi connectivity index (χ4v) is 3.85. The van der Waals surface area contributed by atoms with Crippen molar-refractivity contribution < 1.29 is 9.90 Å². The number of carboxylic acid groups (broad SMARTS) is 1. The molecule has 84 valence electrons. The normalized spacial score (nSPS) is 36.5. The molecule has 0 saturated heterocycles. The zero-order chi connectivity index (χ0) is 11.2. The molecule has 3 rings (SSSR count). The third kappa shape index (κ3) is 1.05. The van der Waals surface area contributed by atoms with Gasteiger partial charge in [0, 0.05) is 0 Å². The molecular weight excluding hydrogens is 200 g/mol. The maximum Gasteiger partial charge on any atom is 0.314 e. The maximum atomic E-state index is 11.7. The Labute approximate surface area is 95.3 Å². The minimum atomic E-state index is -0.611. The van der Waals surface area contributed by atoms with Gasteiger partial charge in [-0.25, -0.2) is 0 Å². The van der Waals surface area contributed by atoms with Gasteiger partial charge >= 0.3 is 5.97 Å². The van der Waals surface area contributed by atoms with E-state index in [1.807, 2.05) is 30.3 Å². The Morgan fingerprint density at radius 1 is 1.19 bits per heavy atom. The first-order valence-corrected chi connectivity index (χ1v) is 6.05. The van der Waals surface area contributed by atoms with Crippen molar-refractivity contribution in [1.82, 2.24) is 0 Å². The second kappa shape index (κ2) is 3.34. The van der Waals surface area contributed by atoms with Crippen LogP contribution in [0.1, 0.15) is 31.2 Å². The monoisotopic (exact) mass is 216 g/mol. The number of hydrogen-bond acceptors (Lipinski definition) is 1. The molecule has 2 fully saturated rings. The highest BCUT2D eigenvalue weighted by Crippen LogP contribution is 2.60. The first-order chi connectivity index (χ1) is 7.76. The molecule has 2 aliphatic rings. The fraction of sp³-hybridized carbons (Fsp3) is 0.500. The van der Waals surface area contributed by atoms with E-state index in [1.165, 1.54) is 6.42 Å². The molecule has 2 unspecified atom stereocenters. The Morgan fingerprint density at radius 3 is 2.31 bits per heavy atom. The highest BCUT2D eigenvalue weighted by molar-refractivity contribution is 5.84. The van der Waals surface area contributed by atoms with Crippen molar-refractivity contribution in [3.05, 3.63) is 35.9 Å². The zero-order valence-corrected chi connectivity index (χ0v) is 9.23. The standard InChI is InChI=1S/C14H16O2/c15-13(16)14(10-5-2-1-3-6-10)11-7-4-8-12(14)9-11/h1-3,5-6,11-12H,4,7-9H2,(H,15,16). The molecule has 2 aliphatic carbocycles. The van der Waals surface area contributed by atoms with Crippen LogP contribution in [0.5, 0.6) is 0 Å². The highest BCUT2D eigenvalue weighted by atomic mass is 16.4. The zero-order valence-electron chi connectivity index (χ0n) is 9.23. The van der Waals surface area contributed by atoms with Gasteiger partial charge in [0.1, 0.15) is 0 Å². The number of rotatable bonds is 2. The lowest BCUT2D eigenvalue weighted by Crippen LogP contribution is -2.60. The molecule has 1 N–H and O–H groups in total. The average Bonchev–Trinajstić information content (AvgIpc) is 2.31. The summed E-state index contributed by atoms with van der Waals surface area (Å²) >= 11 is 0. The average molecular weight is 216 g/mol. The summed E-state index contributed by atoms with van der Waals surface area (Å²) in [7, 11) is 0. The van der Waals surface area contributed by atoms with E-state index < -0.39 is 11.4 Å². The molecule has 2 saturated carbocycles. The molecular formula is C14H16O2. The molecule has 0 amide bonds. The predicted octanol–water partition coefficient (Wildman–Crippen LogP) is 2.83. The first-order valence-electron chi connectivity index (χ1n) is 6.05. The van der Waals surface area contributed by atoms with Crippen LogP contribution < -0.4 is 0 Å². The molecule has 0 spiro atoms. The summed E-state index contributed by atoms with van der Waals surface area (Å²) in [5.74, 6) is 0.122. The van der Waals surface area contributed by atoms with Crippen LogP contribution in [0.15, 0.2) is 30.3 Å². The molecule has 0 aromatic heterocycles. The van der Waals surface area contributed by atoms with Gasteiger partial charge < -0.3 is 5.11 Å². The molecule has 2 atom stereocenters. The first kappa shape index (κ1) is 9.88. The van der Waals surface area contributed by atoms with Crippen molar-refractivity contribution in [2.45, 2.75) is 31.1 Å². The van der Waals surface area contributed by atoms with Crippen LogP contribution >= 0.6 is 0 Å². The van der Waals surface area contributed by atoms with Gasteiger partial charge in [0.2, 0.25) is 0 Å². The molecule has 1 aromatic carbocycles. The summed E-state index contributed by atoms with van der Waals surface area (Å²) in [6.45, 7) is 0. The third-order valence-electron chi connectivity index (χ3n) is 4.57. The van der Waals surface area contributed by atoms with E-state index >= 15 is 0 Å². The second-order valence-corrected chi connectivity index (χ2v) is 5.10. The van der Waals surface area contributed by atoms with E-state index in [-0.39, 0.29) is 0 Å². The number of fused-ring (bicyclic) bond motifs is 2. The lowest BCUT2D eigenvalue weighted by Gasteiger charge is -2.57. The van der Waals surface area contributed by atoms with Crippen molar-refractivity contribution in [2.75, 3.05) is 0 Å². The number of carbonyl (C=O) groups is 1. The van der Waals surface area contributed by atoms with Gasteiger partial charge in [-0.05, 0) is 36.7 Å². The fourth-order valence-electron chi connectivity index (χ4n) is 3.85. The lowest BCUT2D eigenvalue weighted by molar-refractivity contribution is -0.162. The summed E-state index contributed by atoms with van der Waals surface area (Å²) in [4.78, 5) is 11.7. The second-order valence-electron chi connectivity index (χ2n) is 5.10. The van der Waals surface area contributed by atoms with E-state index in [0.717, 1.165) is 24.8 Å². The van der Waals surface area contributed by atoms with Gasteiger partial charge in [0.15, 0.2) is 0 Å². The minimum absolute atomic E-state index is 0.367. The van der Waals surface area contributed by atoms with E-state index in [2.05, 4.69) is 0 Å². The van der Waals surface area contributed by atoms with Crippen molar-refractivity contribution in [3.63, 3.8) is 0 Å². The van der Waals surface area contributed by atoms with Gasteiger partial charge in [-0.2, -0.15) is 0 Å². The van der Waals surface area contributed by atoms with Crippen LogP contribution in [0.25, 0.3) is 0 Å². The van der Waals surface area contributed by atoms with Gasteiger partial charge in [-0.3, -0.25) is 4.79 Å². The largest absolute Gasteiger partial charge is 0.481 e. The lowest BCUT2D eigenvalue weighted by atomic mass is 9.45. The molecule has 2 heteroatoms. The third-order valence-corrected chi connectivity index (χ3v) is 4.57. The Kier molecular flexibility index (Phi) is 2.06. The van der Waals surface area contributed by atoms with Crippen LogP contribution in [-0.4, -0.2) is 11.1 Å². The maximum absolute atomic E-state index is 11.7. The van der Waals surface area contributed by atoms with Crippen LogP contribution in [0.3, 0.4) is 0 Å². The number of carboxylic acids is 1. The SMILES string of the molecule is O=C(O)C1(c2ccccc2)C2CCCC1C2. The molecule has 2 bridgehead atoms. The van der Waals surface area contributed by atoms with Gasteiger partial charge in [0.05, 0.1) is 5.41 Å². The van der Waals surface area contributed by atoms with E-state index in [9.17, 15) is 9.90 Å². The van der Waals surface area contributed by atoms with Crippen LogP contribution in [0.2, 0.25) is 0 Å². The Bertz CT molecular complexity index is 396. The van der Waals surface area contributed by atoms with Crippen molar-refractivity contribution in [1.29, 1.82) is 0 Å². The molecule has 1 aromatic rings. The number of hydrogen-bond donors (Lipinski definition) is 1. The van der Waals surface area contributed by atoms with Crippen molar-refractivity contribution >= 4 is 5.97 Å². The summed E-state index contributed by atoms with van der Waals surface area (Å²) in [6, 6.07) is 9.83. The van der Waals surface area contributed by atoms with Crippen LogP contribution in [0, 0.1) is 11.8 Å². The summed E-state index contributed by atoms with van der Waals surface area (Å²) < 4.78 is 0. The molecule has 16 heavy (non-hydrogen) atoms. The number of benzene rings is 1. The minimum Gasteiger partial charge on any atom is -0.481 e. The van der Waals surface area contributed by atoms with Crippen LogP contribution in [-0.2, 0) is 10.2 Å². The number of aliphatic carboxylic acids is 1. The Hall–Kier alpha value is -1.31. The predicted molar refractivity (Wildman–Crippen MR) is 61.2 cm³/mol. The Balaban J connectivity index is 2.09.